The Morgan fingerprint density at radius 3 is 2.89 bits per heavy atom. The van der Waals surface area contributed by atoms with Crippen LogP contribution in [0.15, 0.2) is 14.6 Å². The van der Waals surface area contributed by atoms with Crippen molar-refractivity contribution in [2.45, 2.75) is 38.6 Å². The fourth-order valence-electron chi connectivity index (χ4n) is 2.34. The number of aliphatic imine (C=N–C) groups is 1. The van der Waals surface area contributed by atoms with E-state index in [-0.39, 0.29) is 11.2 Å². The van der Waals surface area contributed by atoms with E-state index < -0.39 is 0 Å². The normalized spacial score (nSPS) is 17.7. The van der Waals surface area contributed by atoms with Gasteiger partial charge in [-0.2, -0.15) is 0 Å². The van der Waals surface area contributed by atoms with Crippen LogP contribution < -0.4 is 11.2 Å². The fourth-order valence-corrected chi connectivity index (χ4v) is 2.55. The molecule has 0 amide bonds. The van der Waals surface area contributed by atoms with Crippen LogP contribution in [0.3, 0.4) is 0 Å². The largest absolute Gasteiger partial charge is 0.329 e. The molecule has 1 fully saturated rings. The molecule has 0 bridgehead atoms. The minimum Gasteiger partial charge on any atom is -0.278 e. The second-order valence-electron chi connectivity index (χ2n) is 4.96. The van der Waals surface area contributed by atoms with Crippen LogP contribution in [0.5, 0.6) is 0 Å². The SMILES string of the molecule is O=c1[nH]c(=O)n(CCCC2CC2)c2c1CC(Cl)=N2. The first-order chi connectivity index (χ1) is 8.65. The Balaban J connectivity index is 1.90. The van der Waals surface area contributed by atoms with Crippen LogP contribution in [0, 0.1) is 5.92 Å². The molecule has 1 saturated carbocycles. The van der Waals surface area contributed by atoms with E-state index in [1.165, 1.54) is 17.4 Å². The Morgan fingerprint density at radius 2 is 2.17 bits per heavy atom. The van der Waals surface area contributed by atoms with E-state index in [4.69, 9.17) is 11.6 Å². The summed E-state index contributed by atoms with van der Waals surface area (Å²) in [6, 6.07) is 0. The van der Waals surface area contributed by atoms with Crippen LogP contribution in [0.1, 0.15) is 31.2 Å². The van der Waals surface area contributed by atoms with Gasteiger partial charge in [0.05, 0.1) is 5.56 Å². The summed E-state index contributed by atoms with van der Waals surface area (Å²) in [5.74, 6) is 1.29. The van der Waals surface area contributed by atoms with Crippen molar-refractivity contribution < 1.29 is 0 Å². The van der Waals surface area contributed by atoms with Gasteiger partial charge < -0.3 is 0 Å². The third kappa shape index (κ3) is 2.14. The second kappa shape index (κ2) is 4.39. The average Bonchev–Trinajstić information content (AvgIpc) is 3.04. The first-order valence-electron chi connectivity index (χ1n) is 6.24. The lowest BCUT2D eigenvalue weighted by molar-refractivity contribution is 0.557. The van der Waals surface area contributed by atoms with Gasteiger partial charge in [0.2, 0.25) is 0 Å². The molecule has 0 aromatic carbocycles. The molecule has 18 heavy (non-hydrogen) atoms. The van der Waals surface area contributed by atoms with Crippen molar-refractivity contribution in [3.63, 3.8) is 0 Å². The van der Waals surface area contributed by atoms with Gasteiger partial charge in [-0.15, -0.1) is 0 Å². The van der Waals surface area contributed by atoms with Gasteiger partial charge in [0, 0.05) is 13.0 Å². The highest BCUT2D eigenvalue weighted by molar-refractivity contribution is 6.66. The average molecular weight is 268 g/mol. The van der Waals surface area contributed by atoms with Crippen molar-refractivity contribution >= 4 is 22.6 Å². The summed E-state index contributed by atoms with van der Waals surface area (Å²) >= 11 is 5.85. The first-order valence-corrected chi connectivity index (χ1v) is 6.62. The van der Waals surface area contributed by atoms with E-state index >= 15 is 0 Å². The van der Waals surface area contributed by atoms with Crippen molar-refractivity contribution in [1.82, 2.24) is 9.55 Å². The smallest absolute Gasteiger partial charge is 0.278 e. The standard InChI is InChI=1S/C12H14ClN3O2/c13-9-6-8-10(14-9)16(12(18)15-11(8)17)5-1-2-7-3-4-7/h7H,1-6H2,(H,15,17,18). The number of fused-ring (bicyclic) bond motifs is 1. The zero-order valence-corrected chi connectivity index (χ0v) is 10.7. The molecule has 0 atom stereocenters. The molecule has 0 unspecified atom stereocenters. The molecule has 5 nitrogen and oxygen atoms in total. The molecule has 1 aromatic rings. The van der Waals surface area contributed by atoms with Crippen molar-refractivity contribution in [2.75, 3.05) is 0 Å². The molecule has 1 aliphatic carbocycles. The number of halogens is 1. The highest BCUT2D eigenvalue weighted by Crippen LogP contribution is 2.33. The number of H-pyrrole nitrogens is 1. The maximum absolute atomic E-state index is 11.8. The fraction of sp³-hybridized carbons (Fsp3) is 0.583. The summed E-state index contributed by atoms with van der Waals surface area (Å²) in [6.07, 6.45) is 5.02. The zero-order valence-electron chi connectivity index (χ0n) is 9.91. The molecule has 3 rings (SSSR count). The predicted octanol–water partition coefficient (Wildman–Crippen LogP) is 1.55. The van der Waals surface area contributed by atoms with E-state index in [2.05, 4.69) is 9.98 Å². The molecular formula is C12H14ClN3O2. The van der Waals surface area contributed by atoms with Gasteiger partial charge in [0.15, 0.2) is 0 Å². The number of nitrogens with zero attached hydrogens (tertiary/aromatic N) is 2. The van der Waals surface area contributed by atoms with Gasteiger partial charge >= 0.3 is 5.69 Å². The Labute approximate surface area is 109 Å². The zero-order chi connectivity index (χ0) is 12.7. The summed E-state index contributed by atoms with van der Waals surface area (Å²) in [7, 11) is 0. The van der Waals surface area contributed by atoms with Crippen LogP contribution in [0.25, 0.3) is 0 Å². The first kappa shape index (κ1) is 11.7. The summed E-state index contributed by atoms with van der Waals surface area (Å²) in [5.41, 5.74) is -0.247. The van der Waals surface area contributed by atoms with Gasteiger partial charge in [-0.25, -0.2) is 9.79 Å². The number of nitrogens with one attached hydrogen (secondary N) is 1. The maximum atomic E-state index is 11.8. The van der Waals surface area contributed by atoms with Gasteiger partial charge in [0.1, 0.15) is 11.0 Å². The van der Waals surface area contributed by atoms with Crippen molar-refractivity contribution in [2.24, 2.45) is 10.9 Å². The monoisotopic (exact) mass is 267 g/mol. The number of aromatic amines is 1. The van der Waals surface area contributed by atoms with Crippen LogP contribution in [0.2, 0.25) is 0 Å². The molecule has 6 heteroatoms. The van der Waals surface area contributed by atoms with Crippen molar-refractivity contribution in [1.29, 1.82) is 0 Å². The molecule has 1 N–H and O–H groups in total. The summed E-state index contributed by atoms with van der Waals surface area (Å²) in [4.78, 5) is 29.9. The van der Waals surface area contributed by atoms with Gasteiger partial charge in [-0.1, -0.05) is 24.4 Å². The number of aromatic nitrogens is 2. The van der Waals surface area contributed by atoms with E-state index in [9.17, 15) is 9.59 Å². The Hall–Kier alpha value is -1.36. The molecule has 2 aliphatic rings. The Morgan fingerprint density at radius 1 is 1.39 bits per heavy atom. The van der Waals surface area contributed by atoms with Crippen LogP contribution >= 0.6 is 11.6 Å². The minimum absolute atomic E-state index is 0.328. The van der Waals surface area contributed by atoms with Crippen molar-refractivity contribution in [3.05, 3.63) is 26.4 Å². The molecule has 0 spiro atoms. The molecule has 1 aromatic heterocycles. The molecular weight excluding hydrogens is 254 g/mol. The lowest BCUT2D eigenvalue weighted by Gasteiger charge is -2.08. The minimum atomic E-state index is -0.385. The van der Waals surface area contributed by atoms with Crippen LogP contribution in [-0.4, -0.2) is 14.7 Å². The third-order valence-corrected chi connectivity index (χ3v) is 3.72. The predicted molar refractivity (Wildman–Crippen MR) is 69.9 cm³/mol. The van der Waals surface area contributed by atoms with Crippen LogP contribution in [0.4, 0.5) is 5.82 Å². The summed E-state index contributed by atoms with van der Waals surface area (Å²) < 4.78 is 1.54. The van der Waals surface area contributed by atoms with Gasteiger partial charge in [-0.3, -0.25) is 14.3 Å². The van der Waals surface area contributed by atoms with E-state index in [1.807, 2.05) is 0 Å². The maximum Gasteiger partial charge on any atom is 0.329 e. The quantitative estimate of drug-likeness (QED) is 0.899. The number of hydrogen-bond acceptors (Lipinski definition) is 3. The van der Waals surface area contributed by atoms with E-state index in [1.54, 1.807) is 0 Å². The summed E-state index contributed by atoms with van der Waals surface area (Å²) in [5, 5.41) is 0.372. The molecule has 1 aliphatic heterocycles. The second-order valence-corrected chi connectivity index (χ2v) is 5.40. The number of hydrogen-bond donors (Lipinski definition) is 1. The van der Waals surface area contributed by atoms with E-state index in [0.717, 1.165) is 18.8 Å². The molecule has 0 saturated heterocycles. The van der Waals surface area contributed by atoms with Crippen molar-refractivity contribution in [3.8, 4) is 0 Å². The Kier molecular flexibility index (Phi) is 2.86. The summed E-state index contributed by atoms with van der Waals surface area (Å²) in [6.45, 7) is 0.599. The molecule has 0 radical (unpaired) electrons. The Bertz CT molecular complexity index is 625. The lowest BCUT2D eigenvalue weighted by atomic mass is 10.2. The lowest BCUT2D eigenvalue weighted by Crippen LogP contribution is -2.31. The molecule has 96 valence electrons. The topological polar surface area (TPSA) is 67.2 Å². The third-order valence-electron chi connectivity index (χ3n) is 3.51. The number of rotatable bonds is 4. The van der Waals surface area contributed by atoms with Crippen LogP contribution in [-0.2, 0) is 13.0 Å². The molecule has 2 heterocycles. The highest BCUT2D eigenvalue weighted by Gasteiger charge is 2.23. The van der Waals surface area contributed by atoms with Gasteiger partial charge in [0.25, 0.3) is 5.56 Å². The van der Waals surface area contributed by atoms with E-state index in [0.29, 0.717) is 29.5 Å². The van der Waals surface area contributed by atoms with Gasteiger partial charge in [-0.05, 0) is 18.8 Å². The highest BCUT2D eigenvalue weighted by atomic mass is 35.5.